The highest BCUT2D eigenvalue weighted by Crippen LogP contribution is 2.23. The standard InChI is InChI=1S/C21H18FN5O2S/c1-13-19(25-26-27(13)16-4-3-5-17(11-16)29-2)20(28)24-21-23-12-18(30-21)10-14-6-8-15(22)9-7-14/h3-9,11-12H,10H2,1-2H3,(H,23,24,28). The van der Waals surface area contributed by atoms with Crippen LogP contribution >= 0.6 is 11.3 Å². The van der Waals surface area contributed by atoms with Crippen molar-refractivity contribution >= 4 is 22.4 Å². The predicted octanol–water partition coefficient (Wildman–Crippen LogP) is 4.02. The van der Waals surface area contributed by atoms with Gasteiger partial charge in [-0.1, -0.05) is 23.4 Å². The Morgan fingerprint density at radius 2 is 2.03 bits per heavy atom. The molecule has 2 heterocycles. The highest BCUT2D eigenvalue weighted by Gasteiger charge is 2.19. The largest absolute Gasteiger partial charge is 0.497 e. The lowest BCUT2D eigenvalue weighted by Crippen LogP contribution is -2.14. The molecule has 0 unspecified atom stereocenters. The first-order valence-corrected chi connectivity index (χ1v) is 9.92. The van der Waals surface area contributed by atoms with E-state index < -0.39 is 0 Å². The van der Waals surface area contributed by atoms with Gasteiger partial charge in [0.25, 0.3) is 5.91 Å². The molecule has 4 rings (SSSR count). The number of rotatable bonds is 6. The molecule has 9 heteroatoms. The summed E-state index contributed by atoms with van der Waals surface area (Å²) >= 11 is 1.36. The molecule has 4 aromatic rings. The number of nitrogens with one attached hydrogen (secondary N) is 1. The predicted molar refractivity (Wildman–Crippen MR) is 112 cm³/mol. The molecular formula is C21H18FN5O2S. The van der Waals surface area contributed by atoms with Crippen LogP contribution in [0.3, 0.4) is 0 Å². The summed E-state index contributed by atoms with van der Waals surface area (Å²) in [6.07, 6.45) is 2.31. The quantitative estimate of drug-likeness (QED) is 0.507. The van der Waals surface area contributed by atoms with Crippen molar-refractivity contribution in [3.63, 3.8) is 0 Å². The summed E-state index contributed by atoms with van der Waals surface area (Å²) in [5, 5.41) is 11.4. The monoisotopic (exact) mass is 423 g/mol. The summed E-state index contributed by atoms with van der Waals surface area (Å²) < 4.78 is 19.9. The zero-order valence-electron chi connectivity index (χ0n) is 16.3. The molecular weight excluding hydrogens is 405 g/mol. The number of carbonyl (C=O) groups is 1. The van der Waals surface area contributed by atoms with Crippen LogP contribution < -0.4 is 10.1 Å². The van der Waals surface area contributed by atoms with Gasteiger partial charge in [0.2, 0.25) is 0 Å². The first-order chi connectivity index (χ1) is 14.5. The van der Waals surface area contributed by atoms with Gasteiger partial charge in [-0.05, 0) is 36.8 Å². The molecule has 0 saturated carbocycles. The van der Waals surface area contributed by atoms with Gasteiger partial charge in [0.15, 0.2) is 10.8 Å². The molecule has 7 nitrogen and oxygen atoms in total. The first kappa shape index (κ1) is 19.7. The maximum absolute atomic E-state index is 13.0. The number of thiazole rings is 1. The number of ether oxygens (including phenoxy) is 1. The lowest BCUT2D eigenvalue weighted by molar-refractivity contribution is 0.102. The molecule has 0 radical (unpaired) electrons. The summed E-state index contributed by atoms with van der Waals surface area (Å²) in [6.45, 7) is 1.77. The number of hydrogen-bond donors (Lipinski definition) is 1. The van der Waals surface area contributed by atoms with E-state index in [9.17, 15) is 9.18 Å². The Morgan fingerprint density at radius 3 is 2.80 bits per heavy atom. The summed E-state index contributed by atoms with van der Waals surface area (Å²) in [4.78, 5) is 17.9. The smallest absolute Gasteiger partial charge is 0.279 e. The first-order valence-electron chi connectivity index (χ1n) is 9.10. The Morgan fingerprint density at radius 1 is 1.23 bits per heavy atom. The molecule has 0 saturated heterocycles. The van der Waals surface area contributed by atoms with Gasteiger partial charge in [0.05, 0.1) is 18.5 Å². The third-order valence-corrected chi connectivity index (χ3v) is 5.39. The van der Waals surface area contributed by atoms with Crippen LogP contribution in [0.2, 0.25) is 0 Å². The topological polar surface area (TPSA) is 81.9 Å². The van der Waals surface area contributed by atoms with E-state index in [4.69, 9.17) is 4.74 Å². The average molecular weight is 423 g/mol. The van der Waals surface area contributed by atoms with Crippen LogP contribution in [0.25, 0.3) is 5.69 Å². The zero-order chi connectivity index (χ0) is 21.1. The lowest BCUT2D eigenvalue weighted by Gasteiger charge is -2.06. The third-order valence-electron chi connectivity index (χ3n) is 4.47. The van der Waals surface area contributed by atoms with E-state index in [-0.39, 0.29) is 17.4 Å². The lowest BCUT2D eigenvalue weighted by atomic mass is 10.1. The molecule has 0 spiro atoms. The maximum atomic E-state index is 13.0. The number of benzene rings is 2. The van der Waals surface area contributed by atoms with Crippen LogP contribution in [-0.2, 0) is 6.42 Å². The van der Waals surface area contributed by atoms with Crippen molar-refractivity contribution in [3.8, 4) is 11.4 Å². The molecule has 2 aromatic carbocycles. The fourth-order valence-electron chi connectivity index (χ4n) is 2.93. The van der Waals surface area contributed by atoms with Gasteiger partial charge in [0.1, 0.15) is 11.6 Å². The van der Waals surface area contributed by atoms with E-state index in [0.29, 0.717) is 23.0 Å². The highest BCUT2D eigenvalue weighted by atomic mass is 32.1. The minimum Gasteiger partial charge on any atom is -0.497 e. The van der Waals surface area contributed by atoms with Gasteiger partial charge < -0.3 is 4.74 Å². The van der Waals surface area contributed by atoms with E-state index >= 15 is 0 Å². The Balaban J connectivity index is 1.47. The summed E-state index contributed by atoms with van der Waals surface area (Å²) in [5.74, 6) is 0.0302. The van der Waals surface area contributed by atoms with Crippen LogP contribution in [0.5, 0.6) is 5.75 Å². The molecule has 0 atom stereocenters. The van der Waals surface area contributed by atoms with Crippen LogP contribution in [0.4, 0.5) is 9.52 Å². The third kappa shape index (κ3) is 4.20. The normalized spacial score (nSPS) is 10.8. The molecule has 1 amide bonds. The Labute approximate surface area is 176 Å². The highest BCUT2D eigenvalue weighted by molar-refractivity contribution is 7.15. The number of anilines is 1. The van der Waals surface area contributed by atoms with E-state index in [1.165, 1.54) is 23.5 Å². The minimum absolute atomic E-state index is 0.216. The van der Waals surface area contributed by atoms with Crippen molar-refractivity contribution in [1.29, 1.82) is 0 Å². The number of aromatic nitrogens is 4. The van der Waals surface area contributed by atoms with Gasteiger partial charge in [-0.3, -0.25) is 10.1 Å². The fourth-order valence-corrected chi connectivity index (χ4v) is 3.77. The van der Waals surface area contributed by atoms with E-state index in [0.717, 1.165) is 16.1 Å². The van der Waals surface area contributed by atoms with Crippen molar-refractivity contribution in [2.45, 2.75) is 13.3 Å². The Hall–Kier alpha value is -3.59. The van der Waals surface area contributed by atoms with Gasteiger partial charge in [0, 0.05) is 23.6 Å². The van der Waals surface area contributed by atoms with Crippen molar-refractivity contribution in [2.24, 2.45) is 0 Å². The van der Waals surface area contributed by atoms with Crippen molar-refractivity contribution in [1.82, 2.24) is 20.0 Å². The zero-order valence-corrected chi connectivity index (χ0v) is 17.1. The number of methoxy groups -OCH3 is 1. The van der Waals surface area contributed by atoms with E-state index in [2.05, 4.69) is 20.6 Å². The van der Waals surface area contributed by atoms with Crippen LogP contribution in [0.1, 0.15) is 26.6 Å². The van der Waals surface area contributed by atoms with Crippen molar-refractivity contribution < 1.29 is 13.9 Å². The minimum atomic E-state index is -0.385. The maximum Gasteiger partial charge on any atom is 0.279 e. The van der Waals surface area contributed by atoms with Crippen LogP contribution in [-0.4, -0.2) is 33.0 Å². The molecule has 0 bridgehead atoms. The Kier molecular flexibility index (Phi) is 5.53. The van der Waals surface area contributed by atoms with Crippen LogP contribution in [0, 0.1) is 12.7 Å². The molecule has 152 valence electrons. The number of amides is 1. The number of nitrogens with zero attached hydrogens (tertiary/aromatic N) is 4. The molecule has 2 aromatic heterocycles. The molecule has 0 aliphatic carbocycles. The number of halogens is 1. The summed E-state index contributed by atoms with van der Waals surface area (Å²) in [5.41, 5.74) is 2.53. The van der Waals surface area contributed by atoms with Gasteiger partial charge in [-0.2, -0.15) is 0 Å². The summed E-state index contributed by atoms with van der Waals surface area (Å²) in [6, 6.07) is 13.6. The Bertz CT molecular complexity index is 1190. The number of carbonyl (C=O) groups excluding carboxylic acids is 1. The van der Waals surface area contributed by atoms with Gasteiger partial charge >= 0.3 is 0 Å². The fraction of sp³-hybridized carbons (Fsp3) is 0.143. The SMILES string of the molecule is COc1cccc(-n2nnc(C(=O)Nc3ncc(Cc4ccc(F)cc4)s3)c2C)c1. The summed E-state index contributed by atoms with van der Waals surface area (Å²) in [7, 11) is 1.59. The molecule has 30 heavy (non-hydrogen) atoms. The van der Waals surface area contributed by atoms with Crippen LogP contribution in [0.15, 0.2) is 54.7 Å². The van der Waals surface area contributed by atoms with E-state index in [1.807, 2.05) is 24.3 Å². The van der Waals surface area contributed by atoms with Crippen molar-refractivity contribution in [2.75, 3.05) is 12.4 Å². The molecule has 0 aliphatic rings. The molecule has 0 aliphatic heterocycles. The molecule has 0 fully saturated rings. The second kappa shape index (κ2) is 8.42. The number of hydrogen-bond acceptors (Lipinski definition) is 6. The second-order valence-electron chi connectivity index (χ2n) is 6.53. The average Bonchev–Trinajstić information content (AvgIpc) is 3.36. The molecule has 1 N–H and O–H groups in total. The van der Waals surface area contributed by atoms with E-state index in [1.54, 1.807) is 37.0 Å². The van der Waals surface area contributed by atoms with Gasteiger partial charge in [-0.25, -0.2) is 14.1 Å². The van der Waals surface area contributed by atoms with Crippen molar-refractivity contribution in [3.05, 3.63) is 82.4 Å². The van der Waals surface area contributed by atoms with Gasteiger partial charge in [-0.15, -0.1) is 16.4 Å². The second-order valence-corrected chi connectivity index (χ2v) is 7.64.